The van der Waals surface area contributed by atoms with Gasteiger partial charge in [0.25, 0.3) is 5.91 Å². The van der Waals surface area contributed by atoms with Gasteiger partial charge in [0.15, 0.2) is 0 Å². The molecule has 0 saturated carbocycles. The predicted octanol–water partition coefficient (Wildman–Crippen LogP) is 3.22. The molecule has 1 amide bonds. The summed E-state index contributed by atoms with van der Waals surface area (Å²) in [5.41, 5.74) is 1.82. The van der Waals surface area contributed by atoms with E-state index in [9.17, 15) is 9.90 Å². The van der Waals surface area contributed by atoms with Crippen molar-refractivity contribution < 1.29 is 14.6 Å². The predicted molar refractivity (Wildman–Crippen MR) is 82.5 cm³/mol. The number of rotatable bonds is 6. The first-order valence-corrected chi connectivity index (χ1v) is 6.97. The third-order valence-electron chi connectivity index (χ3n) is 3.00. The SMILES string of the molecule is CCCOc1cccc(C(=O)Nc2ccccc2CO)c1. The van der Waals surface area contributed by atoms with Gasteiger partial charge in [0.1, 0.15) is 5.75 Å². The third-order valence-corrected chi connectivity index (χ3v) is 3.00. The minimum Gasteiger partial charge on any atom is -0.494 e. The molecule has 0 unspecified atom stereocenters. The molecule has 2 N–H and O–H groups in total. The zero-order valence-corrected chi connectivity index (χ0v) is 12.0. The molecule has 0 saturated heterocycles. The Balaban J connectivity index is 2.13. The summed E-state index contributed by atoms with van der Waals surface area (Å²) in [5.74, 6) is 0.456. The Kier molecular flexibility index (Phi) is 5.35. The van der Waals surface area contributed by atoms with Gasteiger partial charge in [-0.2, -0.15) is 0 Å². The molecular formula is C17H19NO3. The highest BCUT2D eigenvalue weighted by molar-refractivity contribution is 6.04. The molecule has 110 valence electrons. The molecule has 0 aliphatic carbocycles. The van der Waals surface area contributed by atoms with E-state index >= 15 is 0 Å². The maximum absolute atomic E-state index is 12.3. The summed E-state index contributed by atoms with van der Waals surface area (Å²) in [6, 6.07) is 14.2. The Hall–Kier alpha value is -2.33. The van der Waals surface area contributed by atoms with E-state index < -0.39 is 0 Å². The molecule has 4 nitrogen and oxygen atoms in total. The van der Waals surface area contributed by atoms with Crippen LogP contribution in [0.2, 0.25) is 0 Å². The normalized spacial score (nSPS) is 10.2. The van der Waals surface area contributed by atoms with Crippen LogP contribution in [-0.2, 0) is 6.61 Å². The number of amides is 1. The summed E-state index contributed by atoms with van der Waals surface area (Å²) in [4.78, 5) is 12.3. The number of para-hydroxylation sites is 1. The van der Waals surface area contributed by atoms with E-state index in [4.69, 9.17) is 4.74 Å². The lowest BCUT2D eigenvalue weighted by Crippen LogP contribution is -2.13. The van der Waals surface area contributed by atoms with Gasteiger partial charge in [-0.1, -0.05) is 31.2 Å². The summed E-state index contributed by atoms with van der Waals surface area (Å²) in [6.07, 6.45) is 0.917. The topological polar surface area (TPSA) is 58.6 Å². The van der Waals surface area contributed by atoms with Crippen LogP contribution >= 0.6 is 0 Å². The molecule has 0 bridgehead atoms. The molecule has 4 heteroatoms. The molecule has 0 heterocycles. The number of nitrogens with one attached hydrogen (secondary N) is 1. The van der Waals surface area contributed by atoms with Crippen LogP contribution in [0, 0.1) is 0 Å². The maximum Gasteiger partial charge on any atom is 0.255 e. The van der Waals surface area contributed by atoms with Crippen LogP contribution in [0.5, 0.6) is 5.75 Å². The molecule has 2 aromatic rings. The second kappa shape index (κ2) is 7.45. The molecule has 0 fully saturated rings. The highest BCUT2D eigenvalue weighted by Gasteiger charge is 2.09. The molecule has 0 atom stereocenters. The van der Waals surface area contributed by atoms with Crippen LogP contribution in [0.15, 0.2) is 48.5 Å². The first-order valence-electron chi connectivity index (χ1n) is 6.97. The Bertz CT molecular complexity index is 610. The van der Waals surface area contributed by atoms with Crippen LogP contribution in [0.3, 0.4) is 0 Å². The Morgan fingerprint density at radius 1 is 1.19 bits per heavy atom. The highest BCUT2D eigenvalue weighted by atomic mass is 16.5. The lowest BCUT2D eigenvalue weighted by Gasteiger charge is -2.10. The zero-order chi connectivity index (χ0) is 15.1. The van der Waals surface area contributed by atoms with Crippen LogP contribution < -0.4 is 10.1 Å². The fourth-order valence-electron chi connectivity index (χ4n) is 1.92. The van der Waals surface area contributed by atoms with Crippen molar-refractivity contribution in [1.82, 2.24) is 0 Å². The summed E-state index contributed by atoms with van der Waals surface area (Å²) in [5, 5.41) is 12.1. The van der Waals surface area contributed by atoms with Gasteiger partial charge in [0.2, 0.25) is 0 Å². The van der Waals surface area contributed by atoms with Gasteiger partial charge in [0.05, 0.1) is 13.2 Å². The standard InChI is InChI=1S/C17H19NO3/c1-2-10-21-15-8-5-7-13(11-15)17(20)18-16-9-4-3-6-14(16)12-19/h3-9,11,19H,2,10,12H2,1H3,(H,18,20). The fraction of sp³-hybridized carbons (Fsp3) is 0.235. The molecule has 0 aromatic heterocycles. The van der Waals surface area contributed by atoms with Crippen molar-refractivity contribution in [2.24, 2.45) is 0 Å². The minimum absolute atomic E-state index is 0.115. The van der Waals surface area contributed by atoms with Gasteiger partial charge in [-0.25, -0.2) is 0 Å². The highest BCUT2D eigenvalue weighted by Crippen LogP contribution is 2.18. The molecular weight excluding hydrogens is 266 g/mol. The third kappa shape index (κ3) is 4.07. The van der Waals surface area contributed by atoms with Crippen molar-refractivity contribution in [2.75, 3.05) is 11.9 Å². The van der Waals surface area contributed by atoms with Gasteiger partial charge in [-0.3, -0.25) is 4.79 Å². The summed E-state index contributed by atoms with van der Waals surface area (Å²) < 4.78 is 5.52. The van der Waals surface area contributed by atoms with Gasteiger partial charge >= 0.3 is 0 Å². The maximum atomic E-state index is 12.3. The van der Waals surface area contributed by atoms with Crippen LogP contribution in [0.4, 0.5) is 5.69 Å². The van der Waals surface area contributed by atoms with Crippen molar-refractivity contribution in [3.63, 3.8) is 0 Å². The van der Waals surface area contributed by atoms with E-state index in [1.54, 1.807) is 30.3 Å². The van der Waals surface area contributed by atoms with Crippen LogP contribution in [-0.4, -0.2) is 17.6 Å². The number of anilines is 1. The van der Waals surface area contributed by atoms with Crippen molar-refractivity contribution in [3.8, 4) is 5.75 Å². The number of aliphatic hydroxyl groups is 1. The Labute approximate surface area is 124 Å². The van der Waals surface area contributed by atoms with Gasteiger partial charge in [-0.15, -0.1) is 0 Å². The molecule has 0 aliphatic rings. The molecule has 2 aromatic carbocycles. The van der Waals surface area contributed by atoms with Crippen molar-refractivity contribution >= 4 is 11.6 Å². The van der Waals surface area contributed by atoms with E-state index in [2.05, 4.69) is 5.32 Å². The van der Waals surface area contributed by atoms with Crippen molar-refractivity contribution in [1.29, 1.82) is 0 Å². The van der Waals surface area contributed by atoms with Gasteiger partial charge in [-0.05, 0) is 30.7 Å². The van der Waals surface area contributed by atoms with E-state index in [0.717, 1.165) is 6.42 Å². The smallest absolute Gasteiger partial charge is 0.255 e. The van der Waals surface area contributed by atoms with E-state index in [1.165, 1.54) is 0 Å². The Morgan fingerprint density at radius 3 is 2.76 bits per heavy atom. The number of aliphatic hydroxyl groups excluding tert-OH is 1. The average molecular weight is 285 g/mol. The molecule has 21 heavy (non-hydrogen) atoms. The lowest BCUT2D eigenvalue weighted by atomic mass is 10.1. The first kappa shape index (κ1) is 15.1. The average Bonchev–Trinajstić information content (AvgIpc) is 2.53. The van der Waals surface area contributed by atoms with Gasteiger partial charge < -0.3 is 15.2 Å². The fourth-order valence-corrected chi connectivity index (χ4v) is 1.92. The first-order chi connectivity index (χ1) is 10.2. The molecule has 0 spiro atoms. The quantitative estimate of drug-likeness (QED) is 0.856. The number of ether oxygens (including phenoxy) is 1. The molecule has 2 rings (SSSR count). The zero-order valence-electron chi connectivity index (χ0n) is 12.0. The van der Waals surface area contributed by atoms with Crippen LogP contribution in [0.25, 0.3) is 0 Å². The van der Waals surface area contributed by atoms with E-state index in [-0.39, 0.29) is 12.5 Å². The largest absolute Gasteiger partial charge is 0.494 e. The number of benzene rings is 2. The number of hydrogen-bond donors (Lipinski definition) is 2. The minimum atomic E-state index is -0.224. The van der Waals surface area contributed by atoms with Gasteiger partial charge in [0, 0.05) is 16.8 Å². The number of hydrogen-bond acceptors (Lipinski definition) is 3. The summed E-state index contributed by atoms with van der Waals surface area (Å²) in [6.45, 7) is 2.54. The second-order valence-corrected chi connectivity index (χ2v) is 4.65. The summed E-state index contributed by atoms with van der Waals surface area (Å²) in [7, 11) is 0. The second-order valence-electron chi connectivity index (χ2n) is 4.65. The monoisotopic (exact) mass is 285 g/mol. The lowest BCUT2D eigenvalue weighted by molar-refractivity contribution is 0.102. The van der Waals surface area contributed by atoms with Crippen LogP contribution in [0.1, 0.15) is 29.3 Å². The summed E-state index contributed by atoms with van der Waals surface area (Å²) >= 11 is 0. The molecule has 0 aliphatic heterocycles. The number of carbonyl (C=O) groups excluding carboxylic acids is 1. The number of carbonyl (C=O) groups is 1. The van der Waals surface area contributed by atoms with Crippen molar-refractivity contribution in [2.45, 2.75) is 20.0 Å². The van der Waals surface area contributed by atoms with E-state index in [0.29, 0.717) is 29.2 Å². The Morgan fingerprint density at radius 2 is 2.00 bits per heavy atom. The molecule has 0 radical (unpaired) electrons. The van der Waals surface area contributed by atoms with E-state index in [1.807, 2.05) is 25.1 Å². The van der Waals surface area contributed by atoms with Crippen molar-refractivity contribution in [3.05, 3.63) is 59.7 Å².